The van der Waals surface area contributed by atoms with Gasteiger partial charge in [-0.15, -0.1) is 0 Å². The predicted molar refractivity (Wildman–Crippen MR) is 118 cm³/mol. The minimum Gasteiger partial charge on any atom is -0.472 e. The van der Waals surface area contributed by atoms with Gasteiger partial charge in [-0.3, -0.25) is 9.59 Å². The van der Waals surface area contributed by atoms with Crippen LogP contribution in [0.5, 0.6) is 0 Å². The number of anilines is 1. The molecule has 8 heteroatoms. The predicted octanol–water partition coefficient (Wildman–Crippen LogP) is 4.05. The Kier molecular flexibility index (Phi) is 5.29. The largest absolute Gasteiger partial charge is 0.472 e. The van der Waals surface area contributed by atoms with Crippen LogP contribution in [0.2, 0.25) is 0 Å². The van der Waals surface area contributed by atoms with E-state index in [2.05, 4.69) is 29.1 Å². The van der Waals surface area contributed by atoms with Crippen molar-refractivity contribution in [1.29, 1.82) is 0 Å². The second-order valence-corrected chi connectivity index (χ2v) is 7.55. The summed E-state index contributed by atoms with van der Waals surface area (Å²) < 4.78 is 8.62. The summed E-state index contributed by atoms with van der Waals surface area (Å²) in [4.78, 5) is 34.7. The third kappa shape index (κ3) is 3.79. The summed E-state index contributed by atoms with van der Waals surface area (Å²) in [7, 11) is 1.64. The summed E-state index contributed by atoms with van der Waals surface area (Å²) in [6.07, 6.45) is 6.74. The first-order chi connectivity index (χ1) is 14.9. The number of hydrogen-bond donors (Lipinski definition) is 1. The van der Waals surface area contributed by atoms with E-state index in [4.69, 9.17) is 4.42 Å². The first kappa shape index (κ1) is 20.3. The standard InChI is InChI=1S/C23H23N5O3/c1-14(2)28-10-9-24-21(28)19-6-5-7-20(25-19)26-22(29)18-12-17(16-8-11-31-13-16)15(3)27(4)23(18)30/h5-14H,1-4H3,(H,25,26,29). The molecule has 4 rings (SSSR count). The molecule has 1 N–H and O–H groups in total. The van der Waals surface area contributed by atoms with E-state index in [-0.39, 0.29) is 17.2 Å². The number of imidazole rings is 1. The highest BCUT2D eigenvalue weighted by atomic mass is 16.3. The first-order valence-corrected chi connectivity index (χ1v) is 9.91. The van der Waals surface area contributed by atoms with Crippen molar-refractivity contribution < 1.29 is 9.21 Å². The monoisotopic (exact) mass is 417 g/mol. The maximum Gasteiger partial charge on any atom is 0.263 e. The second-order valence-electron chi connectivity index (χ2n) is 7.55. The summed E-state index contributed by atoms with van der Waals surface area (Å²) in [6.45, 7) is 5.94. The molecule has 0 aliphatic rings. The van der Waals surface area contributed by atoms with Gasteiger partial charge < -0.3 is 18.9 Å². The lowest BCUT2D eigenvalue weighted by atomic mass is 10.0. The smallest absolute Gasteiger partial charge is 0.263 e. The number of aromatic nitrogens is 4. The van der Waals surface area contributed by atoms with Gasteiger partial charge in [0.1, 0.15) is 17.1 Å². The number of carbonyl (C=O) groups excluding carboxylic acids is 1. The van der Waals surface area contributed by atoms with E-state index in [0.717, 1.165) is 16.8 Å². The molecule has 1 amide bonds. The Morgan fingerprint density at radius 3 is 2.74 bits per heavy atom. The topological polar surface area (TPSA) is 95.0 Å². The molecule has 0 radical (unpaired) electrons. The highest BCUT2D eigenvalue weighted by Gasteiger charge is 2.18. The fraction of sp³-hybridized carbons (Fsp3) is 0.217. The molecule has 4 aromatic rings. The molecule has 158 valence electrons. The summed E-state index contributed by atoms with van der Waals surface area (Å²) in [6, 6.07) is 8.90. The molecule has 4 aromatic heterocycles. The Hall–Kier alpha value is -3.94. The molecular weight excluding hydrogens is 394 g/mol. The Morgan fingerprint density at radius 1 is 1.23 bits per heavy atom. The van der Waals surface area contributed by atoms with Crippen molar-refractivity contribution in [3.63, 3.8) is 0 Å². The van der Waals surface area contributed by atoms with Crippen molar-refractivity contribution in [2.24, 2.45) is 7.05 Å². The molecule has 0 bridgehead atoms. The van der Waals surface area contributed by atoms with Crippen LogP contribution in [-0.2, 0) is 7.05 Å². The van der Waals surface area contributed by atoms with E-state index in [1.807, 2.05) is 23.8 Å². The van der Waals surface area contributed by atoms with E-state index in [9.17, 15) is 9.59 Å². The highest BCUT2D eigenvalue weighted by Crippen LogP contribution is 2.24. The van der Waals surface area contributed by atoms with Crippen LogP contribution in [0.15, 0.2) is 64.5 Å². The Balaban J connectivity index is 1.68. The molecule has 0 spiro atoms. The van der Waals surface area contributed by atoms with Gasteiger partial charge in [0, 0.05) is 42.3 Å². The average molecular weight is 417 g/mol. The van der Waals surface area contributed by atoms with Crippen LogP contribution in [0.25, 0.3) is 22.6 Å². The van der Waals surface area contributed by atoms with Crippen molar-refractivity contribution in [3.8, 4) is 22.6 Å². The van der Waals surface area contributed by atoms with Crippen molar-refractivity contribution in [1.82, 2.24) is 19.1 Å². The number of pyridine rings is 2. The molecule has 8 nitrogen and oxygen atoms in total. The zero-order valence-corrected chi connectivity index (χ0v) is 17.8. The van der Waals surface area contributed by atoms with Crippen LogP contribution in [0.3, 0.4) is 0 Å². The van der Waals surface area contributed by atoms with Gasteiger partial charge in [-0.05, 0) is 45.0 Å². The molecule has 0 unspecified atom stereocenters. The van der Waals surface area contributed by atoms with Crippen LogP contribution in [-0.4, -0.2) is 25.0 Å². The lowest BCUT2D eigenvalue weighted by Gasteiger charge is -2.13. The fourth-order valence-corrected chi connectivity index (χ4v) is 3.44. The van der Waals surface area contributed by atoms with Crippen molar-refractivity contribution in [3.05, 3.63) is 76.9 Å². The zero-order valence-electron chi connectivity index (χ0n) is 17.8. The molecule has 31 heavy (non-hydrogen) atoms. The van der Waals surface area contributed by atoms with Gasteiger partial charge in [0.15, 0.2) is 5.82 Å². The second kappa shape index (κ2) is 8.06. The molecule has 0 fully saturated rings. The summed E-state index contributed by atoms with van der Waals surface area (Å²) in [5, 5.41) is 2.75. The lowest BCUT2D eigenvalue weighted by molar-refractivity contribution is 0.102. The van der Waals surface area contributed by atoms with Crippen LogP contribution >= 0.6 is 0 Å². The minimum atomic E-state index is -0.526. The lowest BCUT2D eigenvalue weighted by Crippen LogP contribution is -2.29. The van der Waals surface area contributed by atoms with Gasteiger partial charge >= 0.3 is 0 Å². The van der Waals surface area contributed by atoms with Gasteiger partial charge in [0.05, 0.1) is 12.5 Å². The van der Waals surface area contributed by atoms with Crippen LogP contribution in [0.1, 0.15) is 35.9 Å². The van der Waals surface area contributed by atoms with Crippen molar-refractivity contribution in [2.75, 3.05) is 5.32 Å². The SMILES string of the molecule is Cc1c(-c2ccoc2)cc(C(=O)Nc2cccc(-c3nccn3C(C)C)n2)c(=O)n1C. The van der Waals surface area contributed by atoms with Gasteiger partial charge in [-0.25, -0.2) is 9.97 Å². The summed E-state index contributed by atoms with van der Waals surface area (Å²) in [5.41, 5.74) is 2.56. The molecule has 0 aromatic carbocycles. The minimum absolute atomic E-state index is 0.0279. The molecule has 0 atom stereocenters. The number of amides is 1. The first-order valence-electron chi connectivity index (χ1n) is 9.91. The van der Waals surface area contributed by atoms with Crippen molar-refractivity contribution >= 4 is 11.7 Å². The molecule has 4 heterocycles. The third-order valence-corrected chi connectivity index (χ3v) is 5.24. The molecule has 0 aliphatic heterocycles. The number of hydrogen-bond acceptors (Lipinski definition) is 5. The zero-order chi connectivity index (χ0) is 22.1. The quantitative estimate of drug-likeness (QED) is 0.529. The number of nitrogens with one attached hydrogen (secondary N) is 1. The maximum atomic E-state index is 13.0. The molecule has 0 aliphatic carbocycles. The van der Waals surface area contributed by atoms with Gasteiger partial charge in [0.25, 0.3) is 11.5 Å². The molecular formula is C23H23N5O3. The van der Waals surface area contributed by atoms with E-state index >= 15 is 0 Å². The Labute approximate surface area is 179 Å². The average Bonchev–Trinajstić information content (AvgIpc) is 3.44. The van der Waals surface area contributed by atoms with Gasteiger partial charge in [-0.1, -0.05) is 6.07 Å². The van der Waals surface area contributed by atoms with Gasteiger partial charge in [-0.2, -0.15) is 0 Å². The third-order valence-electron chi connectivity index (χ3n) is 5.24. The normalized spacial score (nSPS) is 11.1. The van der Waals surface area contributed by atoms with E-state index in [0.29, 0.717) is 17.3 Å². The summed E-state index contributed by atoms with van der Waals surface area (Å²) in [5.74, 6) is 0.523. The van der Waals surface area contributed by atoms with E-state index in [1.165, 1.54) is 4.57 Å². The number of nitrogens with zero attached hydrogens (tertiary/aromatic N) is 4. The van der Waals surface area contributed by atoms with Gasteiger partial charge in [0.2, 0.25) is 0 Å². The van der Waals surface area contributed by atoms with Crippen molar-refractivity contribution in [2.45, 2.75) is 26.8 Å². The fourth-order valence-electron chi connectivity index (χ4n) is 3.44. The van der Waals surface area contributed by atoms with Crippen LogP contribution < -0.4 is 10.9 Å². The maximum absolute atomic E-state index is 13.0. The molecule has 0 saturated carbocycles. The Morgan fingerprint density at radius 2 is 2.03 bits per heavy atom. The van der Waals surface area contributed by atoms with E-state index < -0.39 is 5.91 Å². The summed E-state index contributed by atoms with van der Waals surface area (Å²) >= 11 is 0. The highest BCUT2D eigenvalue weighted by molar-refractivity contribution is 6.04. The number of carbonyl (C=O) groups is 1. The Bertz CT molecular complexity index is 1300. The van der Waals surface area contributed by atoms with E-state index in [1.54, 1.807) is 50.0 Å². The van der Waals surface area contributed by atoms with Crippen LogP contribution in [0.4, 0.5) is 5.82 Å². The molecule has 0 saturated heterocycles. The van der Waals surface area contributed by atoms with Crippen LogP contribution in [0, 0.1) is 6.92 Å². The number of furan rings is 1. The number of rotatable bonds is 5.